The fourth-order valence-electron chi connectivity index (χ4n) is 2.46. The highest BCUT2D eigenvalue weighted by molar-refractivity contribution is 6.31. The van der Waals surface area contributed by atoms with Crippen LogP contribution in [0.4, 0.5) is 17.1 Å². The van der Waals surface area contributed by atoms with E-state index in [0.717, 1.165) is 0 Å². The third kappa shape index (κ3) is 7.17. The van der Waals surface area contributed by atoms with Gasteiger partial charge in [-0.2, -0.15) is 0 Å². The first-order valence-electron chi connectivity index (χ1n) is 9.01. The number of ether oxygens (including phenoxy) is 1. The predicted octanol–water partition coefficient (Wildman–Crippen LogP) is 3.85. The lowest BCUT2D eigenvalue weighted by Gasteiger charge is -2.10. The van der Waals surface area contributed by atoms with Crippen molar-refractivity contribution >= 4 is 46.4 Å². The number of nitro groups is 1. The van der Waals surface area contributed by atoms with Crippen molar-refractivity contribution in [3.8, 4) is 0 Å². The van der Waals surface area contributed by atoms with Crippen LogP contribution in [0.25, 0.3) is 0 Å². The van der Waals surface area contributed by atoms with Crippen LogP contribution < -0.4 is 10.6 Å². The number of benzene rings is 2. The normalized spacial score (nSPS) is 10.2. The van der Waals surface area contributed by atoms with E-state index >= 15 is 0 Å². The van der Waals surface area contributed by atoms with E-state index < -0.39 is 29.3 Å². The van der Waals surface area contributed by atoms with Gasteiger partial charge in [-0.25, -0.2) is 0 Å². The van der Waals surface area contributed by atoms with Crippen molar-refractivity contribution in [2.75, 3.05) is 17.2 Å². The molecule has 9 nitrogen and oxygen atoms in total. The van der Waals surface area contributed by atoms with Crippen LogP contribution >= 0.6 is 11.6 Å². The summed E-state index contributed by atoms with van der Waals surface area (Å²) in [6.45, 7) is 1.30. The highest BCUT2D eigenvalue weighted by atomic mass is 35.5. The molecule has 10 heteroatoms. The molecule has 0 aliphatic heterocycles. The second-order valence-corrected chi connectivity index (χ2v) is 6.74. The Hall–Kier alpha value is -3.46. The summed E-state index contributed by atoms with van der Waals surface area (Å²) >= 11 is 5.98. The molecule has 0 bridgehead atoms. The summed E-state index contributed by atoms with van der Waals surface area (Å²) in [5.41, 5.74) is 1.39. The van der Waals surface area contributed by atoms with Crippen molar-refractivity contribution < 1.29 is 24.0 Å². The van der Waals surface area contributed by atoms with Crippen LogP contribution in [0.2, 0.25) is 5.02 Å². The lowest BCUT2D eigenvalue weighted by Crippen LogP contribution is -2.21. The molecule has 0 aliphatic rings. The zero-order valence-corrected chi connectivity index (χ0v) is 16.9. The maximum absolute atomic E-state index is 11.9. The number of carbonyl (C=O) groups excluding carboxylic acids is 3. The van der Waals surface area contributed by atoms with Crippen LogP contribution in [0.1, 0.15) is 24.8 Å². The fourth-order valence-corrected chi connectivity index (χ4v) is 2.64. The highest BCUT2D eigenvalue weighted by Gasteiger charge is 2.12. The molecule has 0 aromatic heterocycles. The number of nitro benzene ring substituents is 1. The van der Waals surface area contributed by atoms with E-state index in [-0.39, 0.29) is 24.9 Å². The molecule has 0 spiro atoms. The number of non-ortho nitro benzene ring substituents is 1. The average Bonchev–Trinajstić information content (AvgIpc) is 2.70. The molecule has 0 atom stereocenters. The molecule has 2 aromatic carbocycles. The number of nitrogens with zero attached hydrogens (tertiary/aromatic N) is 1. The highest BCUT2D eigenvalue weighted by Crippen LogP contribution is 2.22. The molecule has 30 heavy (non-hydrogen) atoms. The maximum Gasteiger partial charge on any atom is 0.306 e. The number of amides is 2. The van der Waals surface area contributed by atoms with Gasteiger partial charge in [-0.05, 0) is 37.1 Å². The molecule has 158 valence electrons. The summed E-state index contributed by atoms with van der Waals surface area (Å²) in [7, 11) is 0. The SMILES string of the molecule is Cc1c(Cl)cccc1NC(=O)COC(=O)CCCC(=O)Nc1cccc([N+](=O)[O-])c1. The van der Waals surface area contributed by atoms with Gasteiger partial charge in [0.15, 0.2) is 6.61 Å². The van der Waals surface area contributed by atoms with Gasteiger partial charge in [0.1, 0.15) is 0 Å². The van der Waals surface area contributed by atoms with Gasteiger partial charge in [-0.15, -0.1) is 0 Å². The zero-order chi connectivity index (χ0) is 22.1. The number of carbonyl (C=O) groups is 3. The van der Waals surface area contributed by atoms with Crippen molar-refractivity contribution in [1.82, 2.24) is 0 Å². The summed E-state index contributed by atoms with van der Waals surface area (Å²) in [5, 5.41) is 16.4. The molecule has 2 rings (SSSR count). The molecule has 0 saturated heterocycles. The maximum atomic E-state index is 11.9. The molecular formula is C20H20ClN3O6. The van der Waals surface area contributed by atoms with Gasteiger partial charge in [0.25, 0.3) is 11.6 Å². The molecule has 0 fully saturated rings. The van der Waals surface area contributed by atoms with Crippen molar-refractivity contribution in [2.45, 2.75) is 26.2 Å². The Kier molecular flexibility index (Phi) is 8.30. The summed E-state index contributed by atoms with van der Waals surface area (Å²) in [6, 6.07) is 10.6. The van der Waals surface area contributed by atoms with Gasteiger partial charge in [-0.3, -0.25) is 24.5 Å². The van der Waals surface area contributed by atoms with Crippen LogP contribution in [0.5, 0.6) is 0 Å². The first kappa shape index (κ1) is 22.8. The number of esters is 1. The van der Waals surface area contributed by atoms with Crippen molar-refractivity contribution in [3.63, 3.8) is 0 Å². The van der Waals surface area contributed by atoms with E-state index in [1.54, 1.807) is 25.1 Å². The zero-order valence-electron chi connectivity index (χ0n) is 16.1. The van der Waals surface area contributed by atoms with Gasteiger partial charge in [-0.1, -0.05) is 23.7 Å². The van der Waals surface area contributed by atoms with Crippen molar-refractivity contribution in [1.29, 1.82) is 0 Å². The Morgan fingerprint density at radius 2 is 1.80 bits per heavy atom. The van der Waals surface area contributed by atoms with Crippen LogP contribution in [-0.2, 0) is 19.1 Å². The number of halogens is 1. The lowest BCUT2D eigenvalue weighted by molar-refractivity contribution is -0.384. The number of rotatable bonds is 9. The molecule has 0 unspecified atom stereocenters. The quantitative estimate of drug-likeness (QED) is 0.351. The molecule has 0 heterocycles. The van der Waals surface area contributed by atoms with E-state index in [4.69, 9.17) is 16.3 Å². The van der Waals surface area contributed by atoms with E-state index in [9.17, 15) is 24.5 Å². The molecule has 2 aromatic rings. The van der Waals surface area contributed by atoms with Gasteiger partial charge >= 0.3 is 5.97 Å². The van der Waals surface area contributed by atoms with Crippen molar-refractivity contribution in [2.24, 2.45) is 0 Å². The Labute approximate surface area is 177 Å². The number of nitrogens with one attached hydrogen (secondary N) is 2. The van der Waals surface area contributed by atoms with E-state index in [2.05, 4.69) is 10.6 Å². The second-order valence-electron chi connectivity index (χ2n) is 6.33. The minimum Gasteiger partial charge on any atom is -0.456 e. The monoisotopic (exact) mass is 433 g/mol. The topological polar surface area (TPSA) is 128 Å². The van der Waals surface area contributed by atoms with E-state index in [0.29, 0.717) is 22.0 Å². The largest absolute Gasteiger partial charge is 0.456 e. The van der Waals surface area contributed by atoms with Gasteiger partial charge in [0.05, 0.1) is 4.92 Å². The molecule has 0 aliphatic carbocycles. The summed E-state index contributed by atoms with van der Waals surface area (Å²) in [6.07, 6.45) is 0.173. The Morgan fingerprint density at radius 1 is 1.07 bits per heavy atom. The Balaban J connectivity index is 1.68. The second kappa shape index (κ2) is 10.9. The predicted molar refractivity (Wildman–Crippen MR) is 111 cm³/mol. The molecule has 2 N–H and O–H groups in total. The first-order chi connectivity index (χ1) is 14.3. The van der Waals surface area contributed by atoms with Crippen LogP contribution in [-0.4, -0.2) is 29.3 Å². The van der Waals surface area contributed by atoms with E-state index in [1.165, 1.54) is 24.3 Å². The minimum atomic E-state index is -0.615. The van der Waals surface area contributed by atoms with Gasteiger partial charge in [0.2, 0.25) is 5.91 Å². The third-order valence-electron chi connectivity index (χ3n) is 4.03. The lowest BCUT2D eigenvalue weighted by atomic mass is 10.2. The van der Waals surface area contributed by atoms with E-state index in [1.807, 2.05) is 0 Å². The number of hydrogen-bond acceptors (Lipinski definition) is 6. The summed E-state index contributed by atoms with van der Waals surface area (Å²) in [4.78, 5) is 45.7. The summed E-state index contributed by atoms with van der Waals surface area (Å²) in [5.74, 6) is -1.51. The first-order valence-corrected chi connectivity index (χ1v) is 9.39. The van der Waals surface area contributed by atoms with Crippen molar-refractivity contribution in [3.05, 3.63) is 63.2 Å². The van der Waals surface area contributed by atoms with Gasteiger partial charge < -0.3 is 15.4 Å². The van der Waals surface area contributed by atoms with Crippen LogP contribution in [0, 0.1) is 17.0 Å². The third-order valence-corrected chi connectivity index (χ3v) is 4.44. The minimum absolute atomic E-state index is 0.0195. The molecular weight excluding hydrogens is 414 g/mol. The number of hydrogen-bond donors (Lipinski definition) is 2. The Bertz CT molecular complexity index is 963. The van der Waals surface area contributed by atoms with Gasteiger partial charge in [0, 0.05) is 41.4 Å². The molecule has 0 radical (unpaired) electrons. The Morgan fingerprint density at radius 3 is 2.53 bits per heavy atom. The summed E-state index contributed by atoms with van der Waals surface area (Å²) < 4.78 is 4.90. The van der Waals surface area contributed by atoms with Crippen LogP contribution in [0.15, 0.2) is 42.5 Å². The standard InChI is InChI=1S/C20H20ClN3O6/c1-13-16(21)7-3-8-17(13)23-19(26)12-30-20(27)10-4-9-18(25)22-14-5-2-6-15(11-14)24(28)29/h2-3,5-8,11H,4,9-10,12H2,1H3,(H,22,25)(H,23,26). The molecule has 2 amide bonds. The smallest absolute Gasteiger partial charge is 0.306 e. The average molecular weight is 434 g/mol. The fraction of sp³-hybridized carbons (Fsp3) is 0.250. The molecule has 0 saturated carbocycles. The van der Waals surface area contributed by atoms with Crippen LogP contribution in [0.3, 0.4) is 0 Å². The number of anilines is 2.